The zero-order chi connectivity index (χ0) is 10.6. The van der Waals surface area contributed by atoms with E-state index in [0.29, 0.717) is 5.56 Å². The van der Waals surface area contributed by atoms with Crippen LogP contribution in [0.4, 0.5) is 0 Å². The van der Waals surface area contributed by atoms with Crippen LogP contribution in [-0.2, 0) is 4.79 Å². The number of nitrogens with one attached hydrogen (secondary N) is 1. The number of amides is 1. The zero-order valence-electron chi connectivity index (χ0n) is 7.53. The molecular weight excluding hydrogens is 204 g/mol. The number of aromatic nitrogens is 1. The number of pyridine rings is 1. The van der Waals surface area contributed by atoms with E-state index < -0.39 is 11.3 Å². The summed E-state index contributed by atoms with van der Waals surface area (Å²) in [7, 11) is 0. The summed E-state index contributed by atoms with van der Waals surface area (Å²) in [5.41, 5.74) is 0.400. The Hall–Kier alpha value is -1.42. The van der Waals surface area contributed by atoms with Crippen molar-refractivity contribution in [1.29, 1.82) is 0 Å². The van der Waals surface area contributed by atoms with Crippen LogP contribution in [0.3, 0.4) is 0 Å². The maximum atomic E-state index is 11.4. The van der Waals surface area contributed by atoms with Gasteiger partial charge < -0.3 is 5.32 Å². The van der Waals surface area contributed by atoms with Crippen LogP contribution in [0.1, 0.15) is 17.3 Å². The normalized spacial score (nSPS) is 11.9. The lowest BCUT2D eigenvalue weighted by Crippen LogP contribution is -2.36. The van der Waals surface area contributed by atoms with Gasteiger partial charge in [-0.2, -0.15) is 0 Å². The van der Waals surface area contributed by atoms with Gasteiger partial charge in [-0.15, -0.1) is 0 Å². The fourth-order valence-electron chi connectivity index (χ4n) is 0.834. The third-order valence-electron chi connectivity index (χ3n) is 1.61. The van der Waals surface area contributed by atoms with Gasteiger partial charge in [-0.3, -0.25) is 14.6 Å². The van der Waals surface area contributed by atoms with Gasteiger partial charge >= 0.3 is 0 Å². The number of hydrogen-bond acceptors (Lipinski definition) is 3. The highest BCUT2D eigenvalue weighted by molar-refractivity contribution is 6.64. The Kier molecular flexibility index (Phi) is 3.59. The van der Waals surface area contributed by atoms with Crippen molar-refractivity contribution in [2.75, 3.05) is 0 Å². The molecule has 0 fully saturated rings. The summed E-state index contributed by atoms with van der Waals surface area (Å²) >= 11 is 5.19. The van der Waals surface area contributed by atoms with Gasteiger partial charge in [-0.1, -0.05) is 0 Å². The minimum Gasteiger partial charge on any atom is -0.341 e. The summed E-state index contributed by atoms with van der Waals surface area (Å²) < 4.78 is 0. The Morgan fingerprint density at radius 1 is 1.57 bits per heavy atom. The zero-order valence-corrected chi connectivity index (χ0v) is 8.28. The molecule has 74 valence electrons. The van der Waals surface area contributed by atoms with E-state index in [9.17, 15) is 9.59 Å². The summed E-state index contributed by atoms with van der Waals surface area (Å²) in [4.78, 5) is 25.8. The Morgan fingerprint density at radius 3 is 2.79 bits per heavy atom. The molecule has 1 amide bonds. The lowest BCUT2D eigenvalue weighted by Gasteiger charge is -2.08. The van der Waals surface area contributed by atoms with Crippen LogP contribution in [0.25, 0.3) is 0 Å². The monoisotopic (exact) mass is 212 g/mol. The third-order valence-corrected chi connectivity index (χ3v) is 1.94. The predicted molar refractivity (Wildman–Crippen MR) is 52.0 cm³/mol. The number of carbonyl (C=O) groups is 2. The van der Waals surface area contributed by atoms with E-state index >= 15 is 0 Å². The van der Waals surface area contributed by atoms with Crippen LogP contribution in [0.5, 0.6) is 0 Å². The van der Waals surface area contributed by atoms with E-state index in [4.69, 9.17) is 11.6 Å². The molecule has 1 aromatic heterocycles. The fraction of sp³-hybridized carbons (Fsp3) is 0.222. The summed E-state index contributed by atoms with van der Waals surface area (Å²) in [6, 6.07) is 2.56. The Bertz CT molecular complexity index is 340. The van der Waals surface area contributed by atoms with Gasteiger partial charge in [-0.05, 0) is 30.7 Å². The average Bonchev–Trinajstić information content (AvgIpc) is 2.19. The number of hydrogen-bond donors (Lipinski definition) is 1. The lowest BCUT2D eigenvalue weighted by molar-refractivity contribution is -0.113. The van der Waals surface area contributed by atoms with Crippen molar-refractivity contribution in [2.45, 2.75) is 13.0 Å². The number of rotatable bonds is 3. The SMILES string of the molecule is CC(NC(=O)c1cccnc1)C(=O)Cl. The molecule has 0 aliphatic carbocycles. The maximum absolute atomic E-state index is 11.4. The molecule has 1 unspecified atom stereocenters. The Labute approximate surface area is 86.3 Å². The second kappa shape index (κ2) is 4.72. The summed E-state index contributed by atoms with van der Waals surface area (Å²) in [6.07, 6.45) is 2.98. The lowest BCUT2D eigenvalue weighted by atomic mass is 10.2. The van der Waals surface area contributed by atoms with Crippen molar-refractivity contribution >= 4 is 22.8 Å². The van der Waals surface area contributed by atoms with Crippen molar-refractivity contribution in [3.05, 3.63) is 30.1 Å². The molecule has 0 spiro atoms. The molecule has 0 saturated carbocycles. The van der Waals surface area contributed by atoms with Crippen LogP contribution in [-0.4, -0.2) is 22.2 Å². The molecular formula is C9H9ClN2O2. The van der Waals surface area contributed by atoms with E-state index in [0.717, 1.165) is 0 Å². The molecule has 14 heavy (non-hydrogen) atoms. The molecule has 5 heteroatoms. The largest absolute Gasteiger partial charge is 0.341 e. The molecule has 0 radical (unpaired) electrons. The highest BCUT2D eigenvalue weighted by Crippen LogP contribution is 1.97. The summed E-state index contributed by atoms with van der Waals surface area (Å²) in [5.74, 6) is -0.361. The molecule has 0 bridgehead atoms. The molecule has 1 rings (SSSR count). The highest BCUT2D eigenvalue weighted by Gasteiger charge is 2.13. The van der Waals surface area contributed by atoms with Gasteiger partial charge in [0.05, 0.1) is 5.56 Å². The Morgan fingerprint density at radius 2 is 2.29 bits per heavy atom. The molecule has 0 saturated heterocycles. The first-order chi connectivity index (χ1) is 6.61. The molecule has 1 aromatic rings. The first-order valence-electron chi connectivity index (χ1n) is 4.01. The van der Waals surface area contributed by atoms with Crippen LogP contribution < -0.4 is 5.32 Å². The van der Waals surface area contributed by atoms with E-state index in [1.54, 1.807) is 18.3 Å². The number of nitrogens with zero attached hydrogens (tertiary/aromatic N) is 1. The van der Waals surface area contributed by atoms with E-state index in [1.807, 2.05) is 0 Å². The second-order valence-electron chi connectivity index (χ2n) is 2.74. The number of halogens is 1. The van der Waals surface area contributed by atoms with E-state index in [2.05, 4.69) is 10.3 Å². The van der Waals surface area contributed by atoms with Crippen LogP contribution in [0, 0.1) is 0 Å². The first-order valence-corrected chi connectivity index (χ1v) is 4.39. The topological polar surface area (TPSA) is 59.1 Å². The van der Waals surface area contributed by atoms with Crippen molar-refractivity contribution in [3.63, 3.8) is 0 Å². The average molecular weight is 213 g/mol. The molecule has 0 aliphatic heterocycles. The quantitative estimate of drug-likeness (QED) is 0.760. The summed E-state index contributed by atoms with van der Waals surface area (Å²) in [6.45, 7) is 1.52. The van der Waals surface area contributed by atoms with Crippen LogP contribution in [0.2, 0.25) is 0 Å². The molecule has 1 N–H and O–H groups in total. The van der Waals surface area contributed by atoms with Gasteiger partial charge in [0.25, 0.3) is 5.91 Å². The smallest absolute Gasteiger partial charge is 0.253 e. The molecule has 1 heterocycles. The molecule has 0 aliphatic rings. The van der Waals surface area contributed by atoms with Crippen molar-refractivity contribution in [2.24, 2.45) is 0 Å². The number of carbonyl (C=O) groups excluding carboxylic acids is 2. The standard InChI is InChI=1S/C9H9ClN2O2/c1-6(8(10)13)12-9(14)7-3-2-4-11-5-7/h2-6H,1H3,(H,12,14). The van der Waals surface area contributed by atoms with Gasteiger partial charge in [0.15, 0.2) is 0 Å². The first kappa shape index (κ1) is 10.7. The summed E-state index contributed by atoms with van der Waals surface area (Å²) in [5, 5.41) is 1.84. The van der Waals surface area contributed by atoms with E-state index in [-0.39, 0.29) is 5.91 Å². The van der Waals surface area contributed by atoms with Crippen LogP contribution in [0.15, 0.2) is 24.5 Å². The van der Waals surface area contributed by atoms with Crippen molar-refractivity contribution in [3.8, 4) is 0 Å². The minimum absolute atomic E-state index is 0.361. The second-order valence-corrected chi connectivity index (χ2v) is 3.11. The molecule has 0 aromatic carbocycles. The van der Waals surface area contributed by atoms with Crippen molar-refractivity contribution in [1.82, 2.24) is 10.3 Å². The third kappa shape index (κ3) is 2.81. The van der Waals surface area contributed by atoms with Crippen molar-refractivity contribution < 1.29 is 9.59 Å². The van der Waals surface area contributed by atoms with E-state index in [1.165, 1.54) is 13.1 Å². The molecule has 4 nitrogen and oxygen atoms in total. The molecule has 1 atom stereocenters. The highest BCUT2D eigenvalue weighted by atomic mass is 35.5. The van der Waals surface area contributed by atoms with Gasteiger partial charge in [0.1, 0.15) is 6.04 Å². The Balaban J connectivity index is 2.64. The fourth-order valence-corrected chi connectivity index (χ4v) is 0.888. The van der Waals surface area contributed by atoms with Crippen LogP contribution >= 0.6 is 11.6 Å². The van der Waals surface area contributed by atoms with Gasteiger partial charge in [0.2, 0.25) is 5.24 Å². The van der Waals surface area contributed by atoms with Gasteiger partial charge in [0, 0.05) is 12.4 Å². The minimum atomic E-state index is -0.690. The predicted octanol–water partition coefficient (Wildman–Crippen LogP) is 0.965. The van der Waals surface area contributed by atoms with Gasteiger partial charge in [-0.25, -0.2) is 0 Å². The maximum Gasteiger partial charge on any atom is 0.253 e.